The van der Waals surface area contributed by atoms with Crippen LogP contribution in [0.1, 0.15) is 12.8 Å². The first kappa shape index (κ1) is 12.0. The van der Waals surface area contributed by atoms with Crippen LogP contribution >= 0.6 is 11.6 Å². The Labute approximate surface area is 127 Å². The van der Waals surface area contributed by atoms with Gasteiger partial charge in [0, 0.05) is 5.02 Å². The van der Waals surface area contributed by atoms with Crippen LogP contribution in [0.4, 0.5) is 5.69 Å². The molecule has 3 aliphatic carbocycles. The summed E-state index contributed by atoms with van der Waals surface area (Å²) in [5, 5.41) is 0.546. The third-order valence-corrected chi connectivity index (χ3v) is 6.15. The van der Waals surface area contributed by atoms with Crippen LogP contribution in [0.15, 0.2) is 36.4 Å². The zero-order valence-corrected chi connectivity index (χ0v) is 12.1. The van der Waals surface area contributed by atoms with Crippen LogP contribution in [0, 0.1) is 29.1 Å². The maximum atomic E-state index is 12.8. The fourth-order valence-electron chi connectivity index (χ4n) is 4.95. The molecule has 3 nitrogen and oxygen atoms in total. The number of benzene rings is 1. The minimum Gasteiger partial charge on any atom is -0.274 e. The molecule has 0 aromatic heterocycles. The number of imide groups is 1. The van der Waals surface area contributed by atoms with E-state index in [4.69, 9.17) is 11.6 Å². The van der Waals surface area contributed by atoms with Gasteiger partial charge in [0.1, 0.15) is 0 Å². The first-order chi connectivity index (χ1) is 10.1. The number of halogens is 1. The third kappa shape index (κ3) is 1.27. The Hall–Kier alpha value is -1.61. The van der Waals surface area contributed by atoms with Crippen molar-refractivity contribution in [3.63, 3.8) is 0 Å². The highest BCUT2D eigenvalue weighted by Gasteiger charge is 2.73. The van der Waals surface area contributed by atoms with E-state index in [1.807, 2.05) is 0 Å². The number of rotatable bonds is 1. The summed E-state index contributed by atoms with van der Waals surface area (Å²) < 4.78 is 0. The van der Waals surface area contributed by atoms with Crippen molar-refractivity contribution in [2.45, 2.75) is 12.8 Å². The predicted molar refractivity (Wildman–Crippen MR) is 78.7 cm³/mol. The number of anilines is 1. The molecule has 1 aromatic carbocycles. The summed E-state index contributed by atoms with van der Waals surface area (Å²) in [6.45, 7) is 0. The minimum atomic E-state index is -0.144. The molecule has 2 amide bonds. The van der Waals surface area contributed by atoms with Crippen LogP contribution in [0.2, 0.25) is 5.02 Å². The second-order valence-electron chi connectivity index (χ2n) is 6.71. The number of carbonyl (C=O) groups excluding carboxylic acids is 2. The summed E-state index contributed by atoms with van der Waals surface area (Å²) in [5.74, 6) is 0.190. The Morgan fingerprint density at radius 3 is 2.19 bits per heavy atom. The molecular weight excluding hydrogens is 286 g/mol. The predicted octanol–water partition coefficient (Wildman–Crippen LogP) is 3.04. The Bertz CT molecular complexity index is 687. The van der Waals surface area contributed by atoms with Crippen LogP contribution < -0.4 is 4.90 Å². The Balaban J connectivity index is 1.59. The van der Waals surface area contributed by atoms with Gasteiger partial charge in [0.05, 0.1) is 17.5 Å². The van der Waals surface area contributed by atoms with Gasteiger partial charge in [-0.3, -0.25) is 9.59 Å². The molecule has 1 spiro atoms. The molecule has 0 radical (unpaired) electrons. The molecule has 4 aliphatic rings. The number of carbonyl (C=O) groups is 2. The molecule has 5 rings (SSSR count). The number of amides is 2. The van der Waals surface area contributed by atoms with Gasteiger partial charge in [-0.25, -0.2) is 4.90 Å². The summed E-state index contributed by atoms with van der Waals surface area (Å²) in [6, 6.07) is 7.01. The zero-order valence-electron chi connectivity index (χ0n) is 11.3. The maximum absolute atomic E-state index is 12.8. The fourth-order valence-corrected chi connectivity index (χ4v) is 5.13. The summed E-state index contributed by atoms with van der Waals surface area (Å²) >= 11 is 6.00. The first-order valence-electron chi connectivity index (χ1n) is 7.45. The molecule has 1 aromatic rings. The number of nitrogens with zero attached hydrogens (tertiary/aromatic N) is 1. The summed E-state index contributed by atoms with van der Waals surface area (Å²) in [6.07, 6.45) is 6.71. The van der Waals surface area contributed by atoms with Crippen LogP contribution in [0.5, 0.6) is 0 Å². The van der Waals surface area contributed by atoms with E-state index in [9.17, 15) is 9.59 Å². The third-order valence-electron chi connectivity index (χ3n) is 5.92. The van der Waals surface area contributed by atoms with Gasteiger partial charge in [0.2, 0.25) is 11.8 Å². The number of hydrogen-bond donors (Lipinski definition) is 0. The van der Waals surface area contributed by atoms with E-state index in [1.165, 1.54) is 17.7 Å². The van der Waals surface area contributed by atoms with Gasteiger partial charge >= 0.3 is 0 Å². The Morgan fingerprint density at radius 1 is 1.05 bits per heavy atom. The normalized spacial score (nSPS) is 37.7. The molecule has 0 unspecified atom stereocenters. The largest absolute Gasteiger partial charge is 0.274 e. The average Bonchev–Trinajstić information content (AvgIpc) is 3.05. The van der Waals surface area contributed by atoms with E-state index in [0.29, 0.717) is 10.7 Å². The van der Waals surface area contributed by atoms with E-state index in [0.717, 1.165) is 0 Å². The molecule has 0 N–H and O–H groups in total. The van der Waals surface area contributed by atoms with E-state index in [-0.39, 0.29) is 40.9 Å². The number of hydrogen-bond acceptors (Lipinski definition) is 2. The van der Waals surface area contributed by atoms with Crippen molar-refractivity contribution in [3.8, 4) is 0 Å². The van der Waals surface area contributed by atoms with Gasteiger partial charge in [0.15, 0.2) is 0 Å². The van der Waals surface area contributed by atoms with Crippen LogP contribution in [-0.2, 0) is 9.59 Å². The van der Waals surface area contributed by atoms with E-state index in [2.05, 4.69) is 12.2 Å². The fraction of sp³-hybridized carbons (Fsp3) is 0.412. The second kappa shape index (κ2) is 3.58. The van der Waals surface area contributed by atoms with Crippen LogP contribution in [-0.4, -0.2) is 11.8 Å². The lowest BCUT2D eigenvalue weighted by Gasteiger charge is -2.21. The van der Waals surface area contributed by atoms with E-state index < -0.39 is 0 Å². The monoisotopic (exact) mass is 299 g/mol. The molecule has 1 heterocycles. The molecule has 2 saturated carbocycles. The van der Waals surface area contributed by atoms with Gasteiger partial charge in [-0.2, -0.15) is 0 Å². The molecule has 21 heavy (non-hydrogen) atoms. The number of fused-ring (bicyclic) bond motifs is 3. The lowest BCUT2D eigenvalue weighted by atomic mass is 9.85. The molecule has 3 fully saturated rings. The van der Waals surface area contributed by atoms with Crippen LogP contribution in [0.25, 0.3) is 0 Å². The summed E-state index contributed by atoms with van der Waals surface area (Å²) in [4.78, 5) is 27.0. The van der Waals surface area contributed by atoms with Crippen LogP contribution in [0.3, 0.4) is 0 Å². The van der Waals surface area contributed by atoms with E-state index >= 15 is 0 Å². The standard InChI is InChI=1S/C17H14ClNO2/c18-9-2-1-3-10(8-9)19-15(20)13-11-4-5-12(14(13)16(19)21)17(11)6-7-17/h1-5,8,11-14H,6-7H2/t11-,12-,13-,14-/m0/s1. The van der Waals surface area contributed by atoms with Crippen molar-refractivity contribution in [1.29, 1.82) is 0 Å². The van der Waals surface area contributed by atoms with Crippen molar-refractivity contribution < 1.29 is 9.59 Å². The minimum absolute atomic E-state index is 0.0320. The van der Waals surface area contributed by atoms with Gasteiger partial charge in [-0.05, 0) is 48.3 Å². The van der Waals surface area contributed by atoms with Crippen molar-refractivity contribution in [1.82, 2.24) is 0 Å². The molecule has 4 heteroatoms. The van der Waals surface area contributed by atoms with Gasteiger partial charge in [-0.15, -0.1) is 0 Å². The lowest BCUT2D eigenvalue weighted by molar-refractivity contribution is -0.123. The zero-order chi connectivity index (χ0) is 14.4. The maximum Gasteiger partial charge on any atom is 0.238 e. The SMILES string of the molecule is O=C1[C@@H]2[C@@H](C(=O)N1c1cccc(Cl)c1)[C@@H]1C=C[C@@H]2C12CC2. The van der Waals surface area contributed by atoms with Gasteiger partial charge < -0.3 is 0 Å². The van der Waals surface area contributed by atoms with Gasteiger partial charge in [0.25, 0.3) is 0 Å². The van der Waals surface area contributed by atoms with Gasteiger partial charge in [-0.1, -0.05) is 29.8 Å². The summed E-state index contributed by atoms with van der Waals surface area (Å²) in [5.41, 5.74) is 0.859. The first-order valence-corrected chi connectivity index (χ1v) is 7.83. The topological polar surface area (TPSA) is 37.4 Å². The average molecular weight is 300 g/mol. The molecular formula is C17H14ClNO2. The molecule has 4 atom stereocenters. The molecule has 1 saturated heterocycles. The van der Waals surface area contributed by atoms with Crippen molar-refractivity contribution in [3.05, 3.63) is 41.4 Å². The second-order valence-corrected chi connectivity index (χ2v) is 7.15. The highest BCUT2D eigenvalue weighted by molar-refractivity contribution is 6.31. The molecule has 2 bridgehead atoms. The van der Waals surface area contributed by atoms with Crippen molar-refractivity contribution >= 4 is 29.1 Å². The summed E-state index contributed by atoms with van der Waals surface area (Å²) in [7, 11) is 0. The van der Waals surface area contributed by atoms with Crippen molar-refractivity contribution in [2.24, 2.45) is 29.1 Å². The quantitative estimate of drug-likeness (QED) is 0.590. The molecule has 1 aliphatic heterocycles. The lowest BCUT2D eigenvalue weighted by Crippen LogP contribution is -2.34. The highest BCUT2D eigenvalue weighted by Crippen LogP contribution is 2.73. The highest BCUT2D eigenvalue weighted by atomic mass is 35.5. The molecule has 106 valence electrons. The van der Waals surface area contributed by atoms with E-state index in [1.54, 1.807) is 24.3 Å². The Kier molecular flexibility index (Phi) is 2.05. The van der Waals surface area contributed by atoms with Crippen molar-refractivity contribution in [2.75, 3.05) is 4.90 Å². The Morgan fingerprint density at radius 2 is 1.67 bits per heavy atom. The number of allylic oxidation sites excluding steroid dienone is 2. The smallest absolute Gasteiger partial charge is 0.238 e.